The van der Waals surface area contributed by atoms with Gasteiger partial charge in [-0.05, 0) is 31.0 Å². The zero-order valence-corrected chi connectivity index (χ0v) is 8.87. The molecule has 1 rings (SSSR count). The van der Waals surface area contributed by atoms with E-state index in [1.54, 1.807) is 7.11 Å². The standard InChI is InChI=1S/C11H17NO2/c1-7(6-12)9-4-5-10(14-3)8(2)11(9)13/h4-5,7,13H,6,12H2,1-3H3. The first kappa shape index (κ1) is 10.9. The van der Waals surface area contributed by atoms with Crippen molar-refractivity contribution in [1.29, 1.82) is 0 Å². The molecule has 1 aromatic rings. The Morgan fingerprint density at radius 3 is 2.64 bits per heavy atom. The number of rotatable bonds is 3. The third-order valence-electron chi connectivity index (χ3n) is 2.52. The highest BCUT2D eigenvalue weighted by atomic mass is 16.5. The maximum Gasteiger partial charge on any atom is 0.125 e. The second kappa shape index (κ2) is 4.33. The van der Waals surface area contributed by atoms with Gasteiger partial charge in [0.05, 0.1) is 7.11 Å². The smallest absolute Gasteiger partial charge is 0.125 e. The number of phenolic OH excluding ortho intramolecular Hbond substituents is 1. The molecule has 0 saturated heterocycles. The zero-order chi connectivity index (χ0) is 10.7. The summed E-state index contributed by atoms with van der Waals surface area (Å²) in [5, 5.41) is 9.88. The molecule has 0 heterocycles. The molecule has 0 radical (unpaired) electrons. The van der Waals surface area contributed by atoms with Gasteiger partial charge >= 0.3 is 0 Å². The van der Waals surface area contributed by atoms with Crippen molar-refractivity contribution in [2.45, 2.75) is 19.8 Å². The van der Waals surface area contributed by atoms with Crippen LogP contribution in [0.5, 0.6) is 11.5 Å². The van der Waals surface area contributed by atoms with Crippen LogP contribution in [-0.2, 0) is 0 Å². The number of hydrogen-bond donors (Lipinski definition) is 2. The molecule has 0 bridgehead atoms. The van der Waals surface area contributed by atoms with E-state index in [1.165, 1.54) is 0 Å². The Kier molecular flexibility index (Phi) is 3.36. The van der Waals surface area contributed by atoms with Gasteiger partial charge in [-0.2, -0.15) is 0 Å². The zero-order valence-electron chi connectivity index (χ0n) is 8.87. The highest BCUT2D eigenvalue weighted by Crippen LogP contribution is 2.33. The fourth-order valence-corrected chi connectivity index (χ4v) is 1.45. The van der Waals surface area contributed by atoms with Gasteiger partial charge in [0.2, 0.25) is 0 Å². The molecule has 0 spiro atoms. The van der Waals surface area contributed by atoms with E-state index in [-0.39, 0.29) is 5.92 Å². The van der Waals surface area contributed by atoms with Gasteiger partial charge in [-0.3, -0.25) is 0 Å². The normalized spacial score (nSPS) is 12.6. The van der Waals surface area contributed by atoms with Crippen LogP contribution >= 0.6 is 0 Å². The predicted molar refractivity (Wildman–Crippen MR) is 56.9 cm³/mol. The van der Waals surface area contributed by atoms with Gasteiger partial charge < -0.3 is 15.6 Å². The Balaban J connectivity index is 3.17. The van der Waals surface area contributed by atoms with Crippen LogP contribution in [0.15, 0.2) is 12.1 Å². The van der Waals surface area contributed by atoms with E-state index in [0.717, 1.165) is 11.1 Å². The third kappa shape index (κ3) is 1.82. The molecule has 78 valence electrons. The molecule has 3 nitrogen and oxygen atoms in total. The van der Waals surface area contributed by atoms with Crippen molar-refractivity contribution >= 4 is 0 Å². The van der Waals surface area contributed by atoms with Gasteiger partial charge in [0.25, 0.3) is 0 Å². The SMILES string of the molecule is COc1ccc(C(C)CN)c(O)c1C. The van der Waals surface area contributed by atoms with E-state index in [4.69, 9.17) is 10.5 Å². The van der Waals surface area contributed by atoms with Crippen LogP contribution < -0.4 is 10.5 Å². The summed E-state index contributed by atoms with van der Waals surface area (Å²) in [7, 11) is 1.59. The largest absolute Gasteiger partial charge is 0.507 e. The lowest BCUT2D eigenvalue weighted by Crippen LogP contribution is -2.09. The van der Waals surface area contributed by atoms with Crippen LogP contribution in [0.3, 0.4) is 0 Å². The van der Waals surface area contributed by atoms with Crippen LogP contribution in [0.1, 0.15) is 24.0 Å². The Labute approximate surface area is 84.5 Å². The molecular weight excluding hydrogens is 178 g/mol. The lowest BCUT2D eigenvalue weighted by molar-refractivity contribution is 0.400. The molecular formula is C11H17NO2. The van der Waals surface area contributed by atoms with E-state index in [2.05, 4.69) is 0 Å². The van der Waals surface area contributed by atoms with E-state index >= 15 is 0 Å². The number of methoxy groups -OCH3 is 1. The predicted octanol–water partition coefficient (Wildman–Crippen LogP) is 1.77. The Morgan fingerprint density at radius 2 is 2.14 bits per heavy atom. The summed E-state index contributed by atoms with van der Waals surface area (Å²) >= 11 is 0. The second-order valence-corrected chi connectivity index (χ2v) is 3.47. The molecule has 1 unspecified atom stereocenters. The fourth-order valence-electron chi connectivity index (χ4n) is 1.45. The highest BCUT2D eigenvalue weighted by Gasteiger charge is 2.13. The fraction of sp³-hybridized carbons (Fsp3) is 0.455. The van der Waals surface area contributed by atoms with E-state index in [0.29, 0.717) is 18.0 Å². The van der Waals surface area contributed by atoms with Crippen molar-refractivity contribution in [2.75, 3.05) is 13.7 Å². The molecule has 0 aliphatic rings. The molecule has 3 N–H and O–H groups in total. The number of hydrogen-bond acceptors (Lipinski definition) is 3. The van der Waals surface area contributed by atoms with E-state index in [9.17, 15) is 5.11 Å². The summed E-state index contributed by atoms with van der Waals surface area (Å²) in [6.07, 6.45) is 0. The van der Waals surface area contributed by atoms with Crippen LogP contribution in [0.4, 0.5) is 0 Å². The minimum absolute atomic E-state index is 0.166. The maximum absolute atomic E-state index is 9.88. The van der Waals surface area contributed by atoms with Crippen LogP contribution in [-0.4, -0.2) is 18.8 Å². The van der Waals surface area contributed by atoms with Crippen molar-refractivity contribution in [3.05, 3.63) is 23.3 Å². The molecule has 1 aromatic carbocycles. The molecule has 0 fully saturated rings. The first-order valence-corrected chi connectivity index (χ1v) is 4.68. The van der Waals surface area contributed by atoms with Crippen molar-refractivity contribution in [3.8, 4) is 11.5 Å². The van der Waals surface area contributed by atoms with Crippen molar-refractivity contribution in [2.24, 2.45) is 5.73 Å². The quantitative estimate of drug-likeness (QED) is 0.772. The molecule has 0 aromatic heterocycles. The molecule has 1 atom stereocenters. The average molecular weight is 195 g/mol. The molecule has 0 aliphatic heterocycles. The molecule has 3 heteroatoms. The summed E-state index contributed by atoms with van der Waals surface area (Å²) in [4.78, 5) is 0. The summed E-state index contributed by atoms with van der Waals surface area (Å²) in [5.41, 5.74) is 7.20. The van der Waals surface area contributed by atoms with E-state index < -0.39 is 0 Å². The van der Waals surface area contributed by atoms with Crippen LogP contribution in [0, 0.1) is 6.92 Å². The van der Waals surface area contributed by atoms with Crippen LogP contribution in [0.2, 0.25) is 0 Å². The lowest BCUT2D eigenvalue weighted by Gasteiger charge is -2.14. The summed E-state index contributed by atoms with van der Waals surface area (Å²) in [6, 6.07) is 3.72. The molecule has 0 amide bonds. The van der Waals surface area contributed by atoms with Crippen molar-refractivity contribution in [3.63, 3.8) is 0 Å². The Morgan fingerprint density at radius 1 is 1.50 bits per heavy atom. The van der Waals surface area contributed by atoms with Gasteiger partial charge in [0.1, 0.15) is 11.5 Å². The monoisotopic (exact) mass is 195 g/mol. The molecule has 0 aliphatic carbocycles. The molecule has 0 saturated carbocycles. The number of ether oxygens (including phenoxy) is 1. The first-order valence-electron chi connectivity index (χ1n) is 4.68. The van der Waals surface area contributed by atoms with Crippen molar-refractivity contribution < 1.29 is 9.84 Å². The topological polar surface area (TPSA) is 55.5 Å². The number of aromatic hydroxyl groups is 1. The second-order valence-electron chi connectivity index (χ2n) is 3.47. The Hall–Kier alpha value is -1.22. The van der Waals surface area contributed by atoms with Crippen LogP contribution in [0.25, 0.3) is 0 Å². The van der Waals surface area contributed by atoms with Gasteiger partial charge in [0.15, 0.2) is 0 Å². The van der Waals surface area contributed by atoms with Gasteiger partial charge in [0, 0.05) is 5.56 Å². The van der Waals surface area contributed by atoms with Gasteiger partial charge in [-0.15, -0.1) is 0 Å². The minimum Gasteiger partial charge on any atom is -0.507 e. The van der Waals surface area contributed by atoms with Crippen molar-refractivity contribution in [1.82, 2.24) is 0 Å². The average Bonchev–Trinajstić information content (AvgIpc) is 2.21. The number of benzene rings is 1. The first-order chi connectivity index (χ1) is 6.61. The number of phenols is 1. The van der Waals surface area contributed by atoms with Gasteiger partial charge in [-0.25, -0.2) is 0 Å². The third-order valence-corrected chi connectivity index (χ3v) is 2.52. The number of nitrogens with two attached hydrogens (primary N) is 1. The Bertz CT molecular complexity index is 323. The summed E-state index contributed by atoms with van der Waals surface area (Å²) in [6.45, 7) is 4.35. The highest BCUT2D eigenvalue weighted by molar-refractivity contribution is 5.49. The van der Waals surface area contributed by atoms with Gasteiger partial charge in [-0.1, -0.05) is 13.0 Å². The minimum atomic E-state index is 0.166. The molecule has 14 heavy (non-hydrogen) atoms. The summed E-state index contributed by atoms with van der Waals surface area (Å²) < 4.78 is 5.10. The summed E-state index contributed by atoms with van der Waals surface area (Å²) in [5.74, 6) is 1.16. The lowest BCUT2D eigenvalue weighted by atomic mass is 9.97. The maximum atomic E-state index is 9.88. The van der Waals surface area contributed by atoms with E-state index in [1.807, 2.05) is 26.0 Å².